The number of rotatable bonds is 5. The number of nitrogens with one attached hydrogen (secondary N) is 1. The summed E-state index contributed by atoms with van der Waals surface area (Å²) < 4.78 is 52.6. The van der Waals surface area contributed by atoms with Gasteiger partial charge < -0.3 is 20.7 Å². The highest BCUT2D eigenvalue weighted by Gasteiger charge is 2.49. The van der Waals surface area contributed by atoms with E-state index in [0.717, 1.165) is 32.2 Å². The zero-order valence-electron chi connectivity index (χ0n) is 24.6. The summed E-state index contributed by atoms with van der Waals surface area (Å²) in [7, 11) is 0. The standard InChI is InChI=1S/C34H32ClF3N6O/c1-2-23-27(37)7-4-18-10-20(39)11-24(28(18)23)29-26(35)12-25-31(30(29)38)41-33(42-32(25)43-15-21-5-6-22(16-43)40-21)45-17-34-8-3-9-44(34)14-19(36)13-34/h1,4,7,10-12,19,21-22,40H,3,5-6,8-9,13-17,39H2/t19-,21?,22?,34+/m1/s1. The number of terminal acetylenes is 1. The van der Waals surface area contributed by atoms with E-state index < -0.39 is 23.3 Å². The number of piperazine rings is 1. The van der Waals surface area contributed by atoms with E-state index in [9.17, 15) is 8.78 Å². The van der Waals surface area contributed by atoms with E-state index in [1.165, 1.54) is 6.07 Å². The zero-order chi connectivity index (χ0) is 31.0. The number of benzene rings is 3. The molecule has 4 fully saturated rings. The molecule has 4 aromatic rings. The van der Waals surface area contributed by atoms with Crippen LogP contribution in [0.5, 0.6) is 6.01 Å². The summed E-state index contributed by atoms with van der Waals surface area (Å²) in [6.45, 7) is 2.80. The van der Waals surface area contributed by atoms with Crippen molar-refractivity contribution in [2.45, 2.75) is 55.9 Å². The van der Waals surface area contributed by atoms with Crippen molar-refractivity contribution >= 4 is 44.8 Å². The topological polar surface area (TPSA) is 79.5 Å². The van der Waals surface area contributed by atoms with Crippen molar-refractivity contribution in [1.82, 2.24) is 20.2 Å². The second-order valence-electron chi connectivity index (χ2n) is 12.9. The molecule has 0 spiro atoms. The predicted octanol–water partition coefficient (Wildman–Crippen LogP) is 5.84. The van der Waals surface area contributed by atoms with Crippen molar-refractivity contribution in [2.75, 3.05) is 43.4 Å². The molecule has 0 radical (unpaired) electrons. The fourth-order valence-corrected chi connectivity index (χ4v) is 8.43. The van der Waals surface area contributed by atoms with E-state index >= 15 is 4.39 Å². The van der Waals surface area contributed by atoms with Gasteiger partial charge in [-0.15, -0.1) is 6.42 Å². The molecule has 3 N–H and O–H groups in total. The lowest BCUT2D eigenvalue weighted by atomic mass is 9.92. The van der Waals surface area contributed by atoms with Gasteiger partial charge in [-0.2, -0.15) is 9.97 Å². The van der Waals surface area contributed by atoms with E-state index in [0.29, 0.717) is 65.8 Å². The van der Waals surface area contributed by atoms with Gasteiger partial charge in [-0.3, -0.25) is 4.90 Å². The molecule has 2 unspecified atom stereocenters. The Labute approximate surface area is 263 Å². The van der Waals surface area contributed by atoms with Gasteiger partial charge in [0.15, 0.2) is 5.82 Å². The number of nitrogens with zero attached hydrogens (tertiary/aromatic N) is 4. The first kappa shape index (κ1) is 28.7. The first-order valence-corrected chi connectivity index (χ1v) is 15.8. The number of fused-ring (bicyclic) bond motifs is 5. The number of hydrogen-bond donors (Lipinski definition) is 2. The maximum absolute atomic E-state index is 17.0. The van der Waals surface area contributed by atoms with E-state index in [4.69, 9.17) is 33.5 Å². The summed E-state index contributed by atoms with van der Waals surface area (Å²) in [5.41, 5.74) is 6.44. The highest BCUT2D eigenvalue weighted by molar-refractivity contribution is 6.35. The molecule has 0 saturated carbocycles. The van der Waals surface area contributed by atoms with Crippen LogP contribution in [-0.4, -0.2) is 71.4 Å². The van der Waals surface area contributed by atoms with E-state index in [1.807, 2.05) is 0 Å². The Kier molecular flexibility index (Phi) is 6.79. The van der Waals surface area contributed by atoms with Crippen LogP contribution in [-0.2, 0) is 0 Å². The largest absolute Gasteiger partial charge is 0.461 e. The molecule has 232 valence electrons. The summed E-state index contributed by atoms with van der Waals surface area (Å²) in [4.78, 5) is 13.7. The molecule has 4 atom stereocenters. The average molecular weight is 633 g/mol. The lowest BCUT2D eigenvalue weighted by Crippen LogP contribution is -2.51. The number of nitrogen functional groups attached to an aromatic ring is 1. The number of aromatic nitrogens is 2. The van der Waals surface area contributed by atoms with Gasteiger partial charge in [0, 0.05) is 60.2 Å². The Balaban J connectivity index is 1.30. The summed E-state index contributed by atoms with van der Waals surface area (Å²) in [5.74, 6) is 1.62. The molecule has 11 heteroatoms. The minimum absolute atomic E-state index is 0.00939. The van der Waals surface area contributed by atoms with Gasteiger partial charge in [-0.1, -0.05) is 23.6 Å². The number of alkyl halides is 1. The van der Waals surface area contributed by atoms with Crippen molar-refractivity contribution in [2.24, 2.45) is 0 Å². The molecule has 5 heterocycles. The van der Waals surface area contributed by atoms with Gasteiger partial charge in [0.25, 0.3) is 0 Å². The summed E-state index contributed by atoms with van der Waals surface area (Å²) >= 11 is 6.89. The Hall–Kier alpha value is -3.78. The Morgan fingerprint density at radius 3 is 2.71 bits per heavy atom. The van der Waals surface area contributed by atoms with Gasteiger partial charge in [0.05, 0.1) is 16.1 Å². The Morgan fingerprint density at radius 2 is 1.93 bits per heavy atom. The monoisotopic (exact) mass is 632 g/mol. The van der Waals surface area contributed by atoms with E-state index in [1.54, 1.807) is 24.3 Å². The minimum Gasteiger partial charge on any atom is -0.461 e. The molecule has 45 heavy (non-hydrogen) atoms. The summed E-state index contributed by atoms with van der Waals surface area (Å²) in [6, 6.07) is 8.29. The third-order valence-electron chi connectivity index (χ3n) is 10.1. The predicted molar refractivity (Wildman–Crippen MR) is 170 cm³/mol. The maximum Gasteiger partial charge on any atom is 0.319 e. The third-order valence-corrected chi connectivity index (χ3v) is 10.4. The van der Waals surface area contributed by atoms with Crippen LogP contribution in [0.2, 0.25) is 5.02 Å². The van der Waals surface area contributed by atoms with Crippen LogP contribution in [0.3, 0.4) is 0 Å². The Morgan fingerprint density at radius 1 is 1.13 bits per heavy atom. The number of ether oxygens (including phenoxy) is 1. The molecule has 8 rings (SSSR count). The van der Waals surface area contributed by atoms with Crippen molar-refractivity contribution in [1.29, 1.82) is 0 Å². The van der Waals surface area contributed by atoms with Crippen molar-refractivity contribution in [3.8, 4) is 29.5 Å². The van der Waals surface area contributed by atoms with E-state index in [2.05, 4.69) is 26.0 Å². The van der Waals surface area contributed by atoms with Crippen LogP contribution in [0.4, 0.5) is 24.7 Å². The van der Waals surface area contributed by atoms with Crippen molar-refractivity contribution in [3.63, 3.8) is 0 Å². The lowest BCUT2D eigenvalue weighted by Gasteiger charge is -2.34. The van der Waals surface area contributed by atoms with Crippen molar-refractivity contribution < 1.29 is 17.9 Å². The molecule has 0 aliphatic carbocycles. The van der Waals surface area contributed by atoms with Gasteiger partial charge >= 0.3 is 6.01 Å². The molecule has 4 aliphatic heterocycles. The SMILES string of the molecule is C#Cc1c(F)ccc2cc(N)cc(-c3c(Cl)cc4c(N5CC6CCC(C5)N6)nc(OC[C@@]56CCCN5C[C@H](F)C6)nc4c3F)c12. The molecule has 2 bridgehead atoms. The molecule has 4 saturated heterocycles. The minimum atomic E-state index is -0.911. The summed E-state index contributed by atoms with van der Waals surface area (Å²) in [6.07, 6.45) is 9.08. The molecule has 7 nitrogen and oxygen atoms in total. The summed E-state index contributed by atoms with van der Waals surface area (Å²) in [5, 5.41) is 5.04. The second kappa shape index (κ2) is 10.6. The lowest BCUT2D eigenvalue weighted by molar-refractivity contribution is 0.107. The molecule has 4 aliphatic rings. The first-order valence-electron chi connectivity index (χ1n) is 15.4. The normalized spacial score (nSPS) is 26.1. The number of anilines is 2. The van der Waals surface area contributed by atoms with Gasteiger partial charge in [-0.25, -0.2) is 13.2 Å². The van der Waals surface area contributed by atoms with Crippen LogP contribution in [0.25, 0.3) is 32.8 Å². The quantitative estimate of drug-likeness (QED) is 0.211. The van der Waals surface area contributed by atoms with E-state index in [-0.39, 0.29) is 39.8 Å². The maximum atomic E-state index is 17.0. The second-order valence-corrected chi connectivity index (χ2v) is 13.3. The number of hydrogen-bond acceptors (Lipinski definition) is 7. The smallest absolute Gasteiger partial charge is 0.319 e. The van der Waals surface area contributed by atoms with Gasteiger partial charge in [0.1, 0.15) is 29.9 Å². The van der Waals surface area contributed by atoms with Crippen LogP contribution < -0.4 is 20.7 Å². The Bertz CT molecular complexity index is 1900. The zero-order valence-corrected chi connectivity index (χ0v) is 25.3. The molecule has 3 aromatic carbocycles. The number of halogens is 4. The average Bonchev–Trinajstić information content (AvgIpc) is 3.66. The number of nitrogens with two attached hydrogens (primary N) is 1. The fourth-order valence-electron chi connectivity index (χ4n) is 8.13. The van der Waals surface area contributed by atoms with Gasteiger partial charge in [-0.05, 0) is 67.4 Å². The van der Waals surface area contributed by atoms with Crippen LogP contribution in [0.1, 0.15) is 37.7 Å². The van der Waals surface area contributed by atoms with Crippen molar-refractivity contribution in [3.05, 3.63) is 52.6 Å². The molecular formula is C34H32ClF3N6O. The highest BCUT2D eigenvalue weighted by Crippen LogP contribution is 2.44. The van der Waals surface area contributed by atoms with Crippen LogP contribution in [0, 0.1) is 24.0 Å². The highest BCUT2D eigenvalue weighted by atomic mass is 35.5. The van der Waals surface area contributed by atoms with Crippen LogP contribution >= 0.6 is 11.6 Å². The van der Waals surface area contributed by atoms with Gasteiger partial charge in [0.2, 0.25) is 0 Å². The molecular weight excluding hydrogens is 601 g/mol. The first-order chi connectivity index (χ1) is 21.7. The molecule has 0 amide bonds. The fraction of sp³-hybridized carbons (Fsp3) is 0.412. The van der Waals surface area contributed by atoms with Crippen LogP contribution in [0.15, 0.2) is 30.3 Å². The molecule has 1 aromatic heterocycles. The third kappa shape index (κ3) is 4.67.